The standard InChI is InChI=1S/C16H26N2O3S/c1-3-22(20,21)18-15-8-6-14(7-9-15)13(2)17-12-16(19)10-4-5-11-16/h6-9,13,17-19H,3-5,10-12H2,1-2H3. The third-order valence-electron chi connectivity index (χ3n) is 4.34. The van der Waals surface area contributed by atoms with E-state index in [2.05, 4.69) is 10.0 Å². The van der Waals surface area contributed by atoms with E-state index in [-0.39, 0.29) is 11.8 Å². The normalized spacial score (nSPS) is 19.0. The Hall–Kier alpha value is -1.11. The maximum Gasteiger partial charge on any atom is 0.232 e. The minimum atomic E-state index is -3.23. The molecule has 0 spiro atoms. The fourth-order valence-corrected chi connectivity index (χ4v) is 3.40. The van der Waals surface area contributed by atoms with Crippen LogP contribution in [0.15, 0.2) is 24.3 Å². The van der Waals surface area contributed by atoms with Crippen LogP contribution in [0, 0.1) is 0 Å². The second kappa shape index (κ2) is 6.98. The molecular weight excluding hydrogens is 300 g/mol. The first kappa shape index (κ1) is 17.2. The van der Waals surface area contributed by atoms with E-state index >= 15 is 0 Å². The van der Waals surface area contributed by atoms with Crippen molar-refractivity contribution in [2.45, 2.75) is 51.2 Å². The van der Waals surface area contributed by atoms with Crippen LogP contribution in [0.1, 0.15) is 51.1 Å². The molecule has 1 atom stereocenters. The van der Waals surface area contributed by atoms with E-state index < -0.39 is 15.6 Å². The molecule has 1 fully saturated rings. The van der Waals surface area contributed by atoms with Gasteiger partial charge < -0.3 is 10.4 Å². The van der Waals surface area contributed by atoms with Gasteiger partial charge in [-0.3, -0.25) is 4.72 Å². The summed E-state index contributed by atoms with van der Waals surface area (Å²) in [5.74, 6) is 0.0608. The topological polar surface area (TPSA) is 78.4 Å². The lowest BCUT2D eigenvalue weighted by Crippen LogP contribution is -2.39. The first-order chi connectivity index (χ1) is 10.3. The number of nitrogens with one attached hydrogen (secondary N) is 2. The molecule has 0 heterocycles. The molecule has 0 aliphatic heterocycles. The Labute approximate surface area is 133 Å². The molecule has 0 radical (unpaired) electrons. The molecule has 1 aromatic carbocycles. The predicted molar refractivity (Wildman–Crippen MR) is 89.4 cm³/mol. The molecule has 5 nitrogen and oxygen atoms in total. The number of benzene rings is 1. The molecule has 1 aliphatic rings. The van der Waals surface area contributed by atoms with Gasteiger partial charge in [0.05, 0.1) is 11.4 Å². The van der Waals surface area contributed by atoms with Gasteiger partial charge in [-0.05, 0) is 44.4 Å². The summed E-state index contributed by atoms with van der Waals surface area (Å²) in [4.78, 5) is 0. The van der Waals surface area contributed by atoms with E-state index in [0.29, 0.717) is 12.2 Å². The van der Waals surface area contributed by atoms with Crippen LogP contribution in [0.4, 0.5) is 5.69 Å². The number of anilines is 1. The van der Waals surface area contributed by atoms with Gasteiger partial charge in [-0.25, -0.2) is 8.42 Å². The van der Waals surface area contributed by atoms with E-state index in [4.69, 9.17) is 0 Å². The Morgan fingerprint density at radius 1 is 1.23 bits per heavy atom. The van der Waals surface area contributed by atoms with Crippen molar-refractivity contribution in [3.63, 3.8) is 0 Å². The Morgan fingerprint density at radius 2 is 1.82 bits per heavy atom. The van der Waals surface area contributed by atoms with Gasteiger partial charge in [-0.2, -0.15) is 0 Å². The number of sulfonamides is 1. The molecule has 0 amide bonds. The van der Waals surface area contributed by atoms with Gasteiger partial charge in [0.1, 0.15) is 0 Å². The number of hydrogen-bond acceptors (Lipinski definition) is 4. The van der Waals surface area contributed by atoms with Crippen LogP contribution in [0.2, 0.25) is 0 Å². The summed E-state index contributed by atoms with van der Waals surface area (Å²) in [5, 5.41) is 13.7. The molecule has 1 unspecified atom stereocenters. The lowest BCUT2D eigenvalue weighted by atomic mass is 10.0. The van der Waals surface area contributed by atoms with Crippen molar-refractivity contribution in [2.24, 2.45) is 0 Å². The summed E-state index contributed by atoms with van der Waals surface area (Å²) >= 11 is 0. The molecule has 22 heavy (non-hydrogen) atoms. The SMILES string of the molecule is CCS(=O)(=O)Nc1ccc(C(C)NCC2(O)CCCC2)cc1. The fourth-order valence-electron chi connectivity index (χ4n) is 2.76. The van der Waals surface area contributed by atoms with Gasteiger partial charge in [-0.1, -0.05) is 25.0 Å². The van der Waals surface area contributed by atoms with Crippen LogP contribution in [-0.2, 0) is 10.0 Å². The third kappa shape index (κ3) is 4.69. The van der Waals surface area contributed by atoms with E-state index in [1.807, 2.05) is 19.1 Å². The van der Waals surface area contributed by atoms with E-state index in [9.17, 15) is 13.5 Å². The summed E-state index contributed by atoms with van der Waals surface area (Å²) in [7, 11) is -3.23. The molecule has 3 N–H and O–H groups in total. The molecular formula is C16H26N2O3S. The van der Waals surface area contributed by atoms with Gasteiger partial charge in [0, 0.05) is 18.3 Å². The van der Waals surface area contributed by atoms with E-state index in [1.165, 1.54) is 0 Å². The van der Waals surface area contributed by atoms with Gasteiger partial charge in [0.2, 0.25) is 10.0 Å². The monoisotopic (exact) mass is 326 g/mol. The van der Waals surface area contributed by atoms with Crippen LogP contribution in [-0.4, -0.2) is 31.4 Å². The number of rotatable bonds is 7. The summed E-state index contributed by atoms with van der Waals surface area (Å²) in [5.41, 5.74) is 1.08. The Balaban J connectivity index is 1.92. The third-order valence-corrected chi connectivity index (χ3v) is 5.64. The van der Waals surface area contributed by atoms with Gasteiger partial charge >= 0.3 is 0 Å². The van der Waals surface area contributed by atoms with Crippen LogP contribution >= 0.6 is 0 Å². The predicted octanol–water partition coefficient (Wildman–Crippen LogP) is 2.40. The highest BCUT2D eigenvalue weighted by Crippen LogP contribution is 2.29. The van der Waals surface area contributed by atoms with Crippen molar-refractivity contribution < 1.29 is 13.5 Å². The molecule has 2 rings (SSSR count). The van der Waals surface area contributed by atoms with Crippen molar-refractivity contribution in [3.8, 4) is 0 Å². The van der Waals surface area contributed by atoms with Gasteiger partial charge in [0.25, 0.3) is 0 Å². The molecule has 124 valence electrons. The maximum atomic E-state index is 11.5. The Bertz CT molecular complexity index is 578. The molecule has 1 saturated carbocycles. The van der Waals surface area contributed by atoms with Crippen molar-refractivity contribution in [2.75, 3.05) is 17.0 Å². The highest BCUT2D eigenvalue weighted by atomic mass is 32.2. The maximum absolute atomic E-state index is 11.5. The molecule has 6 heteroatoms. The van der Waals surface area contributed by atoms with E-state index in [1.54, 1.807) is 19.1 Å². The lowest BCUT2D eigenvalue weighted by molar-refractivity contribution is 0.0453. The average molecular weight is 326 g/mol. The van der Waals surface area contributed by atoms with Crippen molar-refractivity contribution >= 4 is 15.7 Å². The summed E-state index contributed by atoms with van der Waals surface area (Å²) in [6.45, 7) is 4.25. The average Bonchev–Trinajstić information content (AvgIpc) is 2.92. The number of hydrogen-bond donors (Lipinski definition) is 3. The van der Waals surface area contributed by atoms with Crippen LogP contribution in [0.5, 0.6) is 0 Å². The van der Waals surface area contributed by atoms with Crippen molar-refractivity contribution in [3.05, 3.63) is 29.8 Å². The zero-order valence-corrected chi connectivity index (χ0v) is 14.1. The lowest BCUT2D eigenvalue weighted by Gasteiger charge is -2.25. The molecule has 0 aromatic heterocycles. The zero-order chi connectivity index (χ0) is 16.2. The summed E-state index contributed by atoms with van der Waals surface area (Å²) in [6, 6.07) is 7.46. The second-order valence-electron chi connectivity index (χ2n) is 6.16. The fraction of sp³-hybridized carbons (Fsp3) is 0.625. The first-order valence-electron chi connectivity index (χ1n) is 7.90. The second-order valence-corrected chi connectivity index (χ2v) is 8.17. The largest absolute Gasteiger partial charge is 0.389 e. The zero-order valence-electron chi connectivity index (χ0n) is 13.3. The highest BCUT2D eigenvalue weighted by molar-refractivity contribution is 7.92. The Kier molecular flexibility index (Phi) is 5.47. The van der Waals surface area contributed by atoms with Crippen LogP contribution in [0.3, 0.4) is 0 Å². The molecule has 0 bridgehead atoms. The summed E-state index contributed by atoms with van der Waals surface area (Å²) in [6.07, 6.45) is 3.92. The minimum Gasteiger partial charge on any atom is -0.389 e. The first-order valence-corrected chi connectivity index (χ1v) is 9.55. The highest BCUT2D eigenvalue weighted by Gasteiger charge is 2.30. The van der Waals surface area contributed by atoms with Crippen molar-refractivity contribution in [1.29, 1.82) is 0 Å². The van der Waals surface area contributed by atoms with Gasteiger partial charge in [-0.15, -0.1) is 0 Å². The number of aliphatic hydroxyl groups is 1. The van der Waals surface area contributed by atoms with Gasteiger partial charge in [0.15, 0.2) is 0 Å². The van der Waals surface area contributed by atoms with Crippen LogP contribution in [0.25, 0.3) is 0 Å². The summed E-state index contributed by atoms with van der Waals surface area (Å²) < 4.78 is 25.6. The smallest absolute Gasteiger partial charge is 0.232 e. The molecule has 1 aromatic rings. The quantitative estimate of drug-likeness (QED) is 0.719. The minimum absolute atomic E-state index is 0.0608. The molecule has 1 aliphatic carbocycles. The molecule has 0 saturated heterocycles. The van der Waals surface area contributed by atoms with Crippen LogP contribution < -0.4 is 10.0 Å². The van der Waals surface area contributed by atoms with E-state index in [0.717, 1.165) is 31.2 Å². The van der Waals surface area contributed by atoms with Crippen molar-refractivity contribution in [1.82, 2.24) is 5.32 Å². The Morgan fingerprint density at radius 3 is 2.36 bits per heavy atom.